The normalized spacial score (nSPS) is 24.1. The van der Waals surface area contributed by atoms with Gasteiger partial charge in [-0.25, -0.2) is 4.79 Å². The SMILES string of the molecule is CC1(c2ccccc2)NC(=O)NC1=O.[H-].[K+]. The van der Waals surface area contributed by atoms with Gasteiger partial charge in [-0.05, 0) is 12.5 Å². The van der Waals surface area contributed by atoms with E-state index in [9.17, 15) is 9.59 Å². The third-order valence-electron chi connectivity index (χ3n) is 2.40. The summed E-state index contributed by atoms with van der Waals surface area (Å²) in [4.78, 5) is 22.5. The van der Waals surface area contributed by atoms with Crippen LogP contribution in [0.15, 0.2) is 30.3 Å². The number of hydrogen-bond donors (Lipinski definition) is 2. The van der Waals surface area contributed by atoms with Crippen LogP contribution in [0.2, 0.25) is 0 Å². The van der Waals surface area contributed by atoms with E-state index in [1.54, 1.807) is 6.92 Å². The van der Waals surface area contributed by atoms with E-state index in [1.807, 2.05) is 30.3 Å². The molecule has 4 nitrogen and oxygen atoms in total. The van der Waals surface area contributed by atoms with E-state index in [0.29, 0.717) is 0 Å². The molecule has 0 spiro atoms. The maximum atomic E-state index is 11.5. The summed E-state index contributed by atoms with van der Waals surface area (Å²) in [5.74, 6) is -0.311. The Morgan fingerprint density at radius 3 is 2.27 bits per heavy atom. The molecule has 15 heavy (non-hydrogen) atoms. The average Bonchev–Trinajstić information content (AvgIpc) is 2.43. The van der Waals surface area contributed by atoms with Crippen LogP contribution in [0.25, 0.3) is 0 Å². The molecule has 1 aromatic carbocycles. The number of amides is 3. The van der Waals surface area contributed by atoms with Gasteiger partial charge in [-0.2, -0.15) is 0 Å². The van der Waals surface area contributed by atoms with Crippen molar-refractivity contribution in [3.63, 3.8) is 0 Å². The van der Waals surface area contributed by atoms with Crippen molar-refractivity contribution >= 4 is 11.9 Å². The molecular formula is C10H11KN2O2. The number of rotatable bonds is 1. The molecule has 0 aromatic heterocycles. The average molecular weight is 230 g/mol. The zero-order valence-electron chi connectivity index (χ0n) is 9.70. The minimum absolute atomic E-state index is 0. The van der Waals surface area contributed by atoms with E-state index in [2.05, 4.69) is 10.6 Å². The minimum atomic E-state index is -0.932. The molecule has 0 aliphatic carbocycles. The quantitative estimate of drug-likeness (QED) is 0.427. The second-order valence-electron chi connectivity index (χ2n) is 3.40. The predicted octanol–water partition coefficient (Wildman–Crippen LogP) is -2.14. The number of hydrogen-bond acceptors (Lipinski definition) is 2. The van der Waals surface area contributed by atoms with Crippen molar-refractivity contribution in [2.45, 2.75) is 12.5 Å². The van der Waals surface area contributed by atoms with Crippen molar-refractivity contribution in [1.29, 1.82) is 0 Å². The number of benzene rings is 1. The molecule has 1 saturated heterocycles. The summed E-state index contributed by atoms with van der Waals surface area (Å²) in [6, 6.07) is 8.70. The molecule has 1 aliphatic rings. The zero-order chi connectivity index (χ0) is 10.2. The number of imide groups is 1. The maximum Gasteiger partial charge on any atom is 1.00 e. The van der Waals surface area contributed by atoms with Crippen LogP contribution in [-0.4, -0.2) is 11.9 Å². The molecule has 1 aromatic rings. The maximum absolute atomic E-state index is 11.5. The van der Waals surface area contributed by atoms with E-state index in [-0.39, 0.29) is 58.7 Å². The molecule has 1 fully saturated rings. The van der Waals surface area contributed by atoms with Crippen LogP contribution >= 0.6 is 0 Å². The van der Waals surface area contributed by atoms with Gasteiger partial charge in [-0.15, -0.1) is 0 Å². The second kappa shape index (κ2) is 4.76. The summed E-state index contributed by atoms with van der Waals surface area (Å²) >= 11 is 0. The van der Waals surface area contributed by atoms with Gasteiger partial charge in [0.15, 0.2) is 0 Å². The molecular weight excluding hydrogens is 219 g/mol. The van der Waals surface area contributed by atoms with Crippen molar-refractivity contribution in [3.05, 3.63) is 35.9 Å². The van der Waals surface area contributed by atoms with Gasteiger partial charge in [-0.3, -0.25) is 10.1 Å². The van der Waals surface area contributed by atoms with Crippen LogP contribution in [0.5, 0.6) is 0 Å². The first-order valence-electron chi connectivity index (χ1n) is 4.32. The van der Waals surface area contributed by atoms with Crippen molar-refractivity contribution in [2.75, 3.05) is 0 Å². The molecule has 1 atom stereocenters. The Morgan fingerprint density at radius 2 is 1.80 bits per heavy atom. The molecule has 5 heteroatoms. The van der Waals surface area contributed by atoms with E-state index in [4.69, 9.17) is 0 Å². The van der Waals surface area contributed by atoms with E-state index >= 15 is 0 Å². The molecule has 1 unspecified atom stereocenters. The third-order valence-corrected chi connectivity index (χ3v) is 2.40. The van der Waals surface area contributed by atoms with Crippen LogP contribution in [0, 0.1) is 0 Å². The standard InChI is InChI=1S/C10H10N2O2.K.H/c1-10(7-5-3-2-4-6-7)8(13)11-9(14)12-10;;/h2-6H,1H3,(H2,11,12,13,14);;/q;+1;-1. The van der Waals surface area contributed by atoms with Crippen LogP contribution in [-0.2, 0) is 10.3 Å². The molecule has 2 N–H and O–H groups in total. The summed E-state index contributed by atoms with van der Waals surface area (Å²) in [7, 11) is 0. The Labute approximate surface area is 132 Å². The summed E-state index contributed by atoms with van der Waals surface area (Å²) in [6.45, 7) is 1.68. The molecule has 3 amide bonds. The summed E-state index contributed by atoms with van der Waals surface area (Å²) in [6.07, 6.45) is 0. The van der Waals surface area contributed by atoms with Gasteiger partial charge in [0.05, 0.1) is 0 Å². The Bertz CT molecular complexity index is 399. The summed E-state index contributed by atoms with van der Waals surface area (Å²) < 4.78 is 0. The third kappa shape index (κ3) is 2.32. The fraction of sp³-hybridized carbons (Fsp3) is 0.200. The van der Waals surface area contributed by atoms with Crippen molar-refractivity contribution in [1.82, 2.24) is 10.6 Å². The minimum Gasteiger partial charge on any atom is -1.00 e. The van der Waals surface area contributed by atoms with Crippen molar-refractivity contribution in [3.8, 4) is 0 Å². The number of urea groups is 1. The van der Waals surface area contributed by atoms with Gasteiger partial charge in [0.1, 0.15) is 5.54 Å². The van der Waals surface area contributed by atoms with Gasteiger partial charge in [0.25, 0.3) is 5.91 Å². The van der Waals surface area contributed by atoms with Gasteiger partial charge in [0.2, 0.25) is 0 Å². The fourth-order valence-corrected chi connectivity index (χ4v) is 1.52. The second-order valence-corrected chi connectivity index (χ2v) is 3.40. The smallest absolute Gasteiger partial charge is 1.00 e. The summed E-state index contributed by atoms with van der Waals surface area (Å²) in [5, 5.41) is 4.81. The molecule has 0 saturated carbocycles. The van der Waals surface area contributed by atoms with E-state index in [0.717, 1.165) is 5.56 Å². The number of carbonyl (C=O) groups is 2. The van der Waals surface area contributed by atoms with Crippen LogP contribution in [0.4, 0.5) is 4.79 Å². The zero-order valence-corrected chi connectivity index (χ0v) is 11.8. The van der Waals surface area contributed by atoms with Crippen LogP contribution in [0.3, 0.4) is 0 Å². The van der Waals surface area contributed by atoms with Crippen molar-refractivity contribution < 1.29 is 62.4 Å². The molecule has 1 heterocycles. The number of carbonyl (C=O) groups excluding carboxylic acids is 2. The fourth-order valence-electron chi connectivity index (χ4n) is 1.52. The first kappa shape index (κ1) is 12.9. The predicted molar refractivity (Wildman–Crippen MR) is 51.6 cm³/mol. The monoisotopic (exact) mass is 230 g/mol. The van der Waals surface area contributed by atoms with Gasteiger partial charge < -0.3 is 6.74 Å². The Kier molecular flexibility index (Phi) is 4.08. The number of nitrogens with one attached hydrogen (secondary N) is 2. The first-order valence-corrected chi connectivity index (χ1v) is 4.32. The van der Waals surface area contributed by atoms with Crippen LogP contribution in [0.1, 0.15) is 13.9 Å². The van der Waals surface area contributed by atoms with Gasteiger partial charge >= 0.3 is 57.4 Å². The summed E-state index contributed by atoms with van der Waals surface area (Å²) in [5.41, 5.74) is -0.151. The largest absolute Gasteiger partial charge is 1.00 e. The van der Waals surface area contributed by atoms with E-state index in [1.165, 1.54) is 0 Å². The molecule has 0 radical (unpaired) electrons. The van der Waals surface area contributed by atoms with Crippen LogP contribution < -0.4 is 62.0 Å². The first-order chi connectivity index (χ1) is 6.63. The molecule has 1 aliphatic heterocycles. The molecule has 74 valence electrons. The Morgan fingerprint density at radius 1 is 1.20 bits per heavy atom. The Balaban J connectivity index is 0.00000112. The topological polar surface area (TPSA) is 58.2 Å². The molecule has 0 bridgehead atoms. The van der Waals surface area contributed by atoms with Gasteiger partial charge in [-0.1, -0.05) is 30.3 Å². The van der Waals surface area contributed by atoms with Crippen molar-refractivity contribution in [2.24, 2.45) is 0 Å². The Hall–Kier alpha value is -0.204. The van der Waals surface area contributed by atoms with Gasteiger partial charge in [0, 0.05) is 0 Å². The van der Waals surface area contributed by atoms with E-state index < -0.39 is 11.6 Å². The molecule has 2 rings (SSSR count).